The first-order valence-electron chi connectivity index (χ1n) is 7.32. The maximum atomic E-state index is 12.8. The van der Waals surface area contributed by atoms with E-state index in [0.717, 1.165) is 30.6 Å². The average molecular weight is 319 g/mol. The number of alkyl halides is 2. The Morgan fingerprint density at radius 2 is 2.09 bits per heavy atom. The van der Waals surface area contributed by atoms with Crippen LogP contribution in [0.15, 0.2) is 36.7 Å². The molecule has 7 heteroatoms. The van der Waals surface area contributed by atoms with Crippen LogP contribution < -0.4 is 9.64 Å². The molecule has 3 rings (SSSR count). The van der Waals surface area contributed by atoms with E-state index in [1.54, 1.807) is 17.2 Å². The fourth-order valence-corrected chi connectivity index (χ4v) is 2.62. The molecule has 120 valence electrons. The summed E-state index contributed by atoms with van der Waals surface area (Å²) in [5.74, 6) is -0.547. The molecule has 0 spiro atoms. The number of anilines is 1. The summed E-state index contributed by atoms with van der Waals surface area (Å²) in [7, 11) is 0. The second kappa shape index (κ2) is 6.68. The summed E-state index contributed by atoms with van der Waals surface area (Å²) in [5.41, 5.74) is 1.90. The molecule has 1 aliphatic rings. The van der Waals surface area contributed by atoms with Gasteiger partial charge in [-0.05, 0) is 37.5 Å². The first-order chi connectivity index (χ1) is 11.1. The molecular weight excluding hydrogens is 304 g/mol. The monoisotopic (exact) mass is 319 g/mol. The lowest BCUT2D eigenvalue weighted by Crippen LogP contribution is -2.32. The molecular formula is C16H15F2N3O2. The zero-order valence-corrected chi connectivity index (χ0v) is 12.3. The number of pyridine rings is 2. The highest BCUT2D eigenvalue weighted by atomic mass is 19.3. The third-order valence-electron chi connectivity index (χ3n) is 3.64. The van der Waals surface area contributed by atoms with Gasteiger partial charge in [0.25, 0.3) is 5.91 Å². The van der Waals surface area contributed by atoms with Gasteiger partial charge >= 0.3 is 6.61 Å². The van der Waals surface area contributed by atoms with Gasteiger partial charge in [-0.25, -0.2) is 4.98 Å². The van der Waals surface area contributed by atoms with Crippen molar-refractivity contribution in [2.45, 2.75) is 25.9 Å². The minimum absolute atomic E-state index is 0.257. The van der Waals surface area contributed by atoms with Crippen molar-refractivity contribution < 1.29 is 18.3 Å². The van der Waals surface area contributed by atoms with E-state index in [1.807, 2.05) is 6.07 Å². The predicted octanol–water partition coefficient (Wildman–Crippen LogP) is 3.06. The van der Waals surface area contributed by atoms with Crippen molar-refractivity contribution in [2.75, 3.05) is 11.4 Å². The molecule has 3 heterocycles. The fraction of sp³-hybridized carbons (Fsp3) is 0.312. The lowest BCUT2D eigenvalue weighted by atomic mass is 10.2. The molecule has 1 aliphatic heterocycles. The maximum Gasteiger partial charge on any atom is 0.388 e. The first-order valence-corrected chi connectivity index (χ1v) is 7.32. The van der Waals surface area contributed by atoms with Gasteiger partial charge < -0.3 is 9.64 Å². The van der Waals surface area contributed by atoms with E-state index in [2.05, 4.69) is 14.7 Å². The molecule has 0 aliphatic carbocycles. The highest BCUT2D eigenvalue weighted by molar-refractivity contribution is 6.06. The number of carbonyl (C=O) groups excluding carboxylic acids is 1. The number of fused-ring (bicyclic) bond motifs is 1. The molecule has 0 radical (unpaired) electrons. The molecule has 0 bridgehead atoms. The molecule has 0 fully saturated rings. The Morgan fingerprint density at radius 1 is 1.22 bits per heavy atom. The molecule has 5 nitrogen and oxygen atoms in total. The maximum absolute atomic E-state index is 12.8. The summed E-state index contributed by atoms with van der Waals surface area (Å²) in [4.78, 5) is 22.4. The predicted molar refractivity (Wildman–Crippen MR) is 79.7 cm³/mol. The van der Waals surface area contributed by atoms with Gasteiger partial charge in [-0.15, -0.1) is 0 Å². The van der Waals surface area contributed by atoms with Crippen molar-refractivity contribution in [3.05, 3.63) is 47.9 Å². The van der Waals surface area contributed by atoms with E-state index in [9.17, 15) is 13.6 Å². The van der Waals surface area contributed by atoms with Crippen LogP contribution in [0.5, 0.6) is 5.88 Å². The smallest absolute Gasteiger partial charge is 0.388 e. The van der Waals surface area contributed by atoms with Crippen LogP contribution >= 0.6 is 0 Å². The van der Waals surface area contributed by atoms with Crippen molar-refractivity contribution in [2.24, 2.45) is 0 Å². The van der Waals surface area contributed by atoms with E-state index < -0.39 is 6.61 Å². The van der Waals surface area contributed by atoms with Crippen LogP contribution in [0.1, 0.15) is 28.9 Å². The molecule has 0 saturated heterocycles. The lowest BCUT2D eigenvalue weighted by Gasteiger charge is -2.22. The van der Waals surface area contributed by atoms with Gasteiger partial charge in [0.2, 0.25) is 5.88 Å². The number of ether oxygens (including phenoxy) is 1. The van der Waals surface area contributed by atoms with Crippen LogP contribution in [0.3, 0.4) is 0 Å². The number of rotatable bonds is 3. The molecule has 2 aromatic heterocycles. The van der Waals surface area contributed by atoms with Gasteiger partial charge in [0.05, 0.1) is 11.4 Å². The number of nitrogens with zero attached hydrogens (tertiary/aromatic N) is 3. The summed E-state index contributed by atoms with van der Waals surface area (Å²) < 4.78 is 28.8. The first kappa shape index (κ1) is 15.3. The van der Waals surface area contributed by atoms with Crippen LogP contribution in [0, 0.1) is 0 Å². The number of hydrogen-bond donors (Lipinski definition) is 0. The molecule has 0 N–H and O–H groups in total. The zero-order chi connectivity index (χ0) is 16.2. The van der Waals surface area contributed by atoms with Crippen LogP contribution in [0.25, 0.3) is 0 Å². The van der Waals surface area contributed by atoms with Gasteiger partial charge in [0.1, 0.15) is 0 Å². The van der Waals surface area contributed by atoms with Crippen molar-refractivity contribution in [3.8, 4) is 5.88 Å². The zero-order valence-electron chi connectivity index (χ0n) is 12.3. The summed E-state index contributed by atoms with van der Waals surface area (Å²) in [6, 6.07) is 6.35. The number of hydrogen-bond acceptors (Lipinski definition) is 4. The Bertz CT molecular complexity index is 709. The molecule has 2 aromatic rings. The van der Waals surface area contributed by atoms with E-state index >= 15 is 0 Å². The third-order valence-corrected chi connectivity index (χ3v) is 3.64. The number of amides is 1. The minimum Gasteiger partial charge on any atom is -0.417 e. The SMILES string of the molecule is O=C(c1ccnc(OC(F)F)c1)N1CCCCc2ncccc21. The van der Waals surface area contributed by atoms with Crippen LogP contribution in [0.2, 0.25) is 0 Å². The van der Waals surface area contributed by atoms with E-state index in [-0.39, 0.29) is 17.4 Å². The van der Waals surface area contributed by atoms with Crippen molar-refractivity contribution >= 4 is 11.6 Å². The van der Waals surface area contributed by atoms with Crippen LogP contribution in [-0.2, 0) is 6.42 Å². The molecule has 0 atom stereocenters. The average Bonchev–Trinajstić information content (AvgIpc) is 2.76. The lowest BCUT2D eigenvalue weighted by molar-refractivity contribution is -0.0528. The van der Waals surface area contributed by atoms with Gasteiger partial charge in [-0.3, -0.25) is 9.78 Å². The Hall–Kier alpha value is -2.57. The van der Waals surface area contributed by atoms with Gasteiger partial charge in [0, 0.05) is 30.6 Å². The number of aromatic nitrogens is 2. The highest BCUT2D eigenvalue weighted by Gasteiger charge is 2.23. The molecule has 0 unspecified atom stereocenters. The number of halogens is 2. The van der Waals surface area contributed by atoms with Gasteiger partial charge in [-0.2, -0.15) is 8.78 Å². The Balaban J connectivity index is 1.91. The standard InChI is InChI=1S/C16H15F2N3O2/c17-16(18)23-14-10-11(6-8-20-14)15(22)21-9-2-1-4-12-13(21)5-3-7-19-12/h3,5-8,10,16H,1-2,4,9H2. The van der Waals surface area contributed by atoms with Crippen LogP contribution in [-0.4, -0.2) is 29.0 Å². The van der Waals surface area contributed by atoms with E-state index in [4.69, 9.17) is 0 Å². The summed E-state index contributed by atoms with van der Waals surface area (Å²) >= 11 is 0. The molecule has 23 heavy (non-hydrogen) atoms. The summed E-state index contributed by atoms with van der Waals surface area (Å²) in [5, 5.41) is 0. The van der Waals surface area contributed by atoms with E-state index in [1.165, 1.54) is 18.3 Å². The van der Waals surface area contributed by atoms with Gasteiger partial charge in [-0.1, -0.05) is 0 Å². The molecule has 0 aromatic carbocycles. The third kappa shape index (κ3) is 3.44. The Morgan fingerprint density at radius 3 is 2.91 bits per heavy atom. The summed E-state index contributed by atoms with van der Waals surface area (Å²) in [6.07, 6.45) is 5.61. The second-order valence-electron chi connectivity index (χ2n) is 5.14. The fourth-order valence-electron chi connectivity index (χ4n) is 2.62. The van der Waals surface area contributed by atoms with Crippen molar-refractivity contribution in [3.63, 3.8) is 0 Å². The van der Waals surface area contributed by atoms with Crippen molar-refractivity contribution in [1.82, 2.24) is 9.97 Å². The Labute approximate surface area is 131 Å². The molecule has 0 saturated carbocycles. The highest BCUT2D eigenvalue weighted by Crippen LogP contribution is 2.26. The quantitative estimate of drug-likeness (QED) is 0.872. The van der Waals surface area contributed by atoms with E-state index in [0.29, 0.717) is 6.54 Å². The molecule has 1 amide bonds. The van der Waals surface area contributed by atoms with Gasteiger partial charge in [0.15, 0.2) is 0 Å². The summed E-state index contributed by atoms with van der Waals surface area (Å²) in [6.45, 7) is -2.42. The normalized spacial score (nSPS) is 14.3. The van der Waals surface area contributed by atoms with Crippen molar-refractivity contribution in [1.29, 1.82) is 0 Å². The topological polar surface area (TPSA) is 55.3 Å². The number of aryl methyl sites for hydroxylation is 1. The Kier molecular flexibility index (Phi) is 4.45. The second-order valence-corrected chi connectivity index (χ2v) is 5.14. The minimum atomic E-state index is -2.98. The van der Waals surface area contributed by atoms with Crippen LogP contribution in [0.4, 0.5) is 14.5 Å². The number of carbonyl (C=O) groups is 1. The largest absolute Gasteiger partial charge is 0.417 e.